The van der Waals surface area contributed by atoms with E-state index < -0.39 is 0 Å². The molecule has 0 spiro atoms. The normalized spacial score (nSPS) is 15.2. The molecule has 1 saturated carbocycles. The number of nitrogens with zero attached hydrogens (tertiary/aromatic N) is 1. The molecule has 3 aromatic rings. The zero-order valence-corrected chi connectivity index (χ0v) is 13.1. The van der Waals surface area contributed by atoms with Crippen LogP contribution in [0.2, 0.25) is 0 Å². The molecule has 1 aliphatic carbocycles. The Kier molecular flexibility index (Phi) is 3.73. The summed E-state index contributed by atoms with van der Waals surface area (Å²) in [6.45, 7) is 0. The summed E-state index contributed by atoms with van der Waals surface area (Å²) >= 11 is 0. The summed E-state index contributed by atoms with van der Waals surface area (Å²) < 4.78 is 13.6. The van der Waals surface area contributed by atoms with Crippen molar-refractivity contribution in [2.75, 3.05) is 0 Å². The Balaban J connectivity index is 1.66. The first-order chi connectivity index (χ1) is 11.7. The van der Waals surface area contributed by atoms with Crippen molar-refractivity contribution in [1.29, 1.82) is 0 Å². The van der Waals surface area contributed by atoms with Crippen molar-refractivity contribution >= 4 is 16.8 Å². The fourth-order valence-electron chi connectivity index (χ4n) is 3.12. The third-order valence-corrected chi connectivity index (χ3v) is 4.48. The third kappa shape index (κ3) is 2.87. The number of amides is 1. The van der Waals surface area contributed by atoms with E-state index in [1.807, 2.05) is 30.3 Å². The van der Waals surface area contributed by atoms with Crippen molar-refractivity contribution in [3.05, 3.63) is 77.7 Å². The molecule has 2 aromatic carbocycles. The minimum absolute atomic E-state index is 0.144. The molecular weight excluding hydrogens is 303 g/mol. The minimum Gasteiger partial charge on any atom is -0.345 e. The zero-order valence-electron chi connectivity index (χ0n) is 13.1. The fourth-order valence-corrected chi connectivity index (χ4v) is 3.12. The van der Waals surface area contributed by atoms with Gasteiger partial charge in [0.15, 0.2) is 0 Å². The summed E-state index contributed by atoms with van der Waals surface area (Å²) in [7, 11) is 0. The lowest BCUT2D eigenvalue weighted by Crippen LogP contribution is -2.30. The van der Waals surface area contributed by atoms with Gasteiger partial charge in [0.05, 0.1) is 17.1 Å². The average Bonchev–Trinajstić information content (AvgIpc) is 3.44. The van der Waals surface area contributed by atoms with Gasteiger partial charge in [-0.3, -0.25) is 9.78 Å². The van der Waals surface area contributed by atoms with E-state index in [9.17, 15) is 9.18 Å². The molecule has 1 atom stereocenters. The number of aromatic nitrogens is 1. The van der Waals surface area contributed by atoms with Gasteiger partial charge in [-0.25, -0.2) is 4.39 Å². The van der Waals surface area contributed by atoms with E-state index in [1.165, 1.54) is 12.1 Å². The van der Waals surface area contributed by atoms with Gasteiger partial charge in [-0.15, -0.1) is 0 Å². The summed E-state index contributed by atoms with van der Waals surface area (Å²) in [6, 6.07) is 15.6. The number of hydrogen-bond donors (Lipinski definition) is 1. The molecule has 0 bridgehead atoms. The molecule has 4 heteroatoms. The molecule has 4 rings (SSSR count). The SMILES string of the molecule is O=C(NC(c1cccc(F)c1)C1CC1)c1ccnc2ccccc12. The standard InChI is InChI=1S/C20H17FN2O/c21-15-5-3-4-14(12-15)19(13-8-9-13)23-20(24)17-10-11-22-18-7-2-1-6-16(17)18/h1-7,10-13,19H,8-9H2,(H,23,24). The van der Waals surface area contributed by atoms with E-state index in [4.69, 9.17) is 0 Å². The van der Waals surface area contributed by atoms with Crippen LogP contribution in [-0.2, 0) is 0 Å². The Morgan fingerprint density at radius 2 is 1.96 bits per heavy atom. The summed E-state index contributed by atoms with van der Waals surface area (Å²) in [5.41, 5.74) is 2.21. The minimum atomic E-state index is -0.276. The smallest absolute Gasteiger partial charge is 0.252 e. The van der Waals surface area contributed by atoms with Gasteiger partial charge < -0.3 is 5.32 Å². The van der Waals surface area contributed by atoms with Gasteiger partial charge in [-0.05, 0) is 48.6 Å². The van der Waals surface area contributed by atoms with Crippen molar-refractivity contribution in [2.45, 2.75) is 18.9 Å². The predicted octanol–water partition coefficient (Wildman–Crippen LogP) is 4.26. The molecule has 1 unspecified atom stereocenters. The Morgan fingerprint density at radius 1 is 1.12 bits per heavy atom. The molecule has 1 aromatic heterocycles. The highest BCUT2D eigenvalue weighted by Crippen LogP contribution is 2.41. The van der Waals surface area contributed by atoms with Gasteiger partial charge >= 0.3 is 0 Å². The largest absolute Gasteiger partial charge is 0.345 e. The summed E-state index contributed by atoms with van der Waals surface area (Å²) in [6.07, 6.45) is 3.75. The molecule has 24 heavy (non-hydrogen) atoms. The van der Waals surface area contributed by atoms with Crippen LogP contribution in [0.25, 0.3) is 10.9 Å². The Labute approximate surface area is 139 Å². The third-order valence-electron chi connectivity index (χ3n) is 4.48. The Morgan fingerprint density at radius 3 is 2.75 bits per heavy atom. The van der Waals surface area contributed by atoms with Gasteiger partial charge in [0.1, 0.15) is 5.82 Å². The van der Waals surface area contributed by atoms with Crippen LogP contribution in [0.15, 0.2) is 60.8 Å². The highest BCUT2D eigenvalue weighted by atomic mass is 19.1. The molecule has 0 aliphatic heterocycles. The monoisotopic (exact) mass is 320 g/mol. The van der Waals surface area contributed by atoms with E-state index >= 15 is 0 Å². The van der Waals surface area contributed by atoms with Crippen LogP contribution in [-0.4, -0.2) is 10.9 Å². The van der Waals surface area contributed by atoms with Crippen molar-refractivity contribution in [3.63, 3.8) is 0 Å². The quantitative estimate of drug-likeness (QED) is 0.780. The second-order valence-electron chi connectivity index (χ2n) is 6.22. The lowest BCUT2D eigenvalue weighted by atomic mass is 10.0. The number of carbonyl (C=O) groups is 1. The van der Waals surface area contributed by atoms with Crippen LogP contribution in [0.3, 0.4) is 0 Å². The summed E-state index contributed by atoms with van der Waals surface area (Å²) in [5.74, 6) is -0.0413. The van der Waals surface area contributed by atoms with E-state index in [2.05, 4.69) is 10.3 Å². The number of pyridine rings is 1. The number of rotatable bonds is 4. The van der Waals surface area contributed by atoms with Crippen molar-refractivity contribution < 1.29 is 9.18 Å². The Bertz CT molecular complexity index is 900. The number of benzene rings is 2. The Hall–Kier alpha value is -2.75. The number of halogens is 1. The molecule has 0 saturated heterocycles. The number of fused-ring (bicyclic) bond motifs is 1. The maximum absolute atomic E-state index is 13.6. The number of carbonyl (C=O) groups excluding carboxylic acids is 1. The van der Waals surface area contributed by atoms with E-state index in [-0.39, 0.29) is 17.8 Å². The number of nitrogens with one attached hydrogen (secondary N) is 1. The van der Waals surface area contributed by atoms with Gasteiger partial charge in [-0.1, -0.05) is 30.3 Å². The average molecular weight is 320 g/mol. The lowest BCUT2D eigenvalue weighted by Gasteiger charge is -2.19. The molecule has 1 aliphatic rings. The van der Waals surface area contributed by atoms with Crippen LogP contribution in [0, 0.1) is 11.7 Å². The molecule has 1 heterocycles. The number of hydrogen-bond acceptors (Lipinski definition) is 2. The van der Waals surface area contributed by atoms with Crippen molar-refractivity contribution in [1.82, 2.24) is 10.3 Å². The predicted molar refractivity (Wildman–Crippen MR) is 91.1 cm³/mol. The molecule has 1 fully saturated rings. The maximum atomic E-state index is 13.6. The van der Waals surface area contributed by atoms with Crippen molar-refractivity contribution in [3.8, 4) is 0 Å². The van der Waals surface area contributed by atoms with Gasteiger partial charge in [0.2, 0.25) is 0 Å². The molecule has 0 radical (unpaired) electrons. The lowest BCUT2D eigenvalue weighted by molar-refractivity contribution is 0.0933. The molecule has 1 N–H and O–H groups in total. The van der Waals surface area contributed by atoms with Gasteiger partial charge in [-0.2, -0.15) is 0 Å². The molecule has 1 amide bonds. The highest BCUT2D eigenvalue weighted by molar-refractivity contribution is 6.06. The first-order valence-corrected chi connectivity index (χ1v) is 8.12. The van der Waals surface area contributed by atoms with Crippen LogP contribution in [0.4, 0.5) is 4.39 Å². The molecule has 3 nitrogen and oxygen atoms in total. The fraction of sp³-hybridized carbons (Fsp3) is 0.200. The van der Waals surface area contributed by atoms with E-state index in [0.717, 1.165) is 29.3 Å². The van der Waals surface area contributed by atoms with Crippen LogP contribution < -0.4 is 5.32 Å². The second-order valence-corrected chi connectivity index (χ2v) is 6.22. The maximum Gasteiger partial charge on any atom is 0.252 e. The molecular formula is C20H17FN2O. The first kappa shape index (κ1) is 14.8. The topological polar surface area (TPSA) is 42.0 Å². The summed E-state index contributed by atoms with van der Waals surface area (Å²) in [4.78, 5) is 17.1. The molecule has 120 valence electrons. The first-order valence-electron chi connectivity index (χ1n) is 8.12. The second kappa shape index (κ2) is 6.04. The van der Waals surface area contributed by atoms with Crippen LogP contribution in [0.1, 0.15) is 34.8 Å². The van der Waals surface area contributed by atoms with Gasteiger partial charge in [0, 0.05) is 11.6 Å². The van der Waals surface area contributed by atoms with Crippen LogP contribution >= 0.6 is 0 Å². The van der Waals surface area contributed by atoms with Crippen LogP contribution in [0.5, 0.6) is 0 Å². The van der Waals surface area contributed by atoms with E-state index in [0.29, 0.717) is 11.5 Å². The van der Waals surface area contributed by atoms with Crippen molar-refractivity contribution in [2.24, 2.45) is 5.92 Å². The summed E-state index contributed by atoms with van der Waals surface area (Å²) in [5, 5.41) is 3.92. The number of para-hydroxylation sites is 1. The highest BCUT2D eigenvalue weighted by Gasteiger charge is 2.34. The van der Waals surface area contributed by atoms with Gasteiger partial charge in [0.25, 0.3) is 5.91 Å². The zero-order chi connectivity index (χ0) is 16.5. The van der Waals surface area contributed by atoms with E-state index in [1.54, 1.807) is 18.3 Å².